The second kappa shape index (κ2) is 11.6. The van der Waals surface area contributed by atoms with Crippen LogP contribution in [0, 0.1) is 0 Å². The van der Waals surface area contributed by atoms with Gasteiger partial charge in [0.05, 0.1) is 22.1 Å². The highest BCUT2D eigenvalue weighted by molar-refractivity contribution is 7.00. The van der Waals surface area contributed by atoms with Crippen molar-refractivity contribution in [2.24, 2.45) is 0 Å². The van der Waals surface area contributed by atoms with Crippen molar-refractivity contribution in [3.05, 3.63) is 163 Å². The van der Waals surface area contributed by atoms with Crippen molar-refractivity contribution in [1.82, 2.24) is 9.13 Å². The third-order valence-corrected chi connectivity index (χ3v) is 15.0. The molecule has 0 saturated heterocycles. The Labute approximate surface area is 362 Å². The predicted octanol–water partition coefficient (Wildman–Crippen LogP) is 10.6. The number of rotatable bonds is 1. The van der Waals surface area contributed by atoms with Gasteiger partial charge in [-0.1, -0.05) is 126 Å². The summed E-state index contributed by atoms with van der Waals surface area (Å²) in [6, 6.07) is 49.0. The van der Waals surface area contributed by atoms with Crippen molar-refractivity contribution >= 4 is 101 Å². The van der Waals surface area contributed by atoms with Crippen molar-refractivity contribution in [1.29, 1.82) is 0 Å². The van der Waals surface area contributed by atoms with E-state index in [1.165, 1.54) is 110 Å². The Morgan fingerprint density at radius 3 is 2.02 bits per heavy atom. The fourth-order valence-electron chi connectivity index (χ4n) is 12.2. The van der Waals surface area contributed by atoms with Crippen LogP contribution in [-0.2, 0) is 10.8 Å². The molecule has 1 atom stereocenters. The summed E-state index contributed by atoms with van der Waals surface area (Å²) in [4.78, 5) is 2.50. The first-order valence-corrected chi connectivity index (χ1v) is 22.5. The van der Waals surface area contributed by atoms with Gasteiger partial charge in [-0.3, -0.25) is 0 Å². The van der Waals surface area contributed by atoms with E-state index >= 15 is 0 Å². The molecule has 5 aliphatic rings. The van der Waals surface area contributed by atoms with Crippen LogP contribution < -0.4 is 37.0 Å². The molecule has 1 unspecified atom stereocenters. The number of hydrogen-bond donors (Lipinski definition) is 0. The van der Waals surface area contributed by atoms with Gasteiger partial charge >= 0.3 is 0 Å². The summed E-state index contributed by atoms with van der Waals surface area (Å²) in [6.07, 6.45) is 7.67. The number of para-hydroxylation sites is 2. The van der Waals surface area contributed by atoms with Crippen molar-refractivity contribution in [2.45, 2.75) is 64.6 Å². The lowest BCUT2D eigenvalue weighted by atomic mass is 9.30. The molecule has 14 rings (SSSR count). The van der Waals surface area contributed by atoms with E-state index in [0.29, 0.717) is 0 Å². The molecule has 0 amide bonds. The smallest absolute Gasteiger partial charge is 0.252 e. The van der Waals surface area contributed by atoms with Crippen LogP contribution in [0.5, 0.6) is 5.75 Å². The zero-order chi connectivity index (χ0) is 41.6. The van der Waals surface area contributed by atoms with E-state index in [0.717, 1.165) is 17.9 Å². The van der Waals surface area contributed by atoms with Crippen LogP contribution in [0.1, 0.15) is 59.1 Å². The van der Waals surface area contributed by atoms with Gasteiger partial charge in [0.15, 0.2) is 0 Å². The lowest BCUT2D eigenvalue weighted by Gasteiger charge is -2.40. The standard InChI is InChI=1S/C56H45B2N3O/c1-55(2,3)32-20-25-43-40(30-32)58-39-17-11-13-19-47(39)62-48-29-24-37-49-45(60(43)54(37)51(48)58)27-22-35-36-23-28-46-50-53(36)61(52(35)49)44-26-21-33(56(4,5)6)31-41(44)57(50)38-16-10-12-18-42(38)59(46)34-14-8-7-9-15-34/h7-16,18-31,39H,17H2,1-6H3. The summed E-state index contributed by atoms with van der Waals surface area (Å²) in [5, 5.41) is 5.20. The van der Waals surface area contributed by atoms with Gasteiger partial charge in [-0.2, -0.15) is 0 Å². The first kappa shape index (κ1) is 35.0. The highest BCUT2D eigenvalue weighted by Crippen LogP contribution is 2.49. The van der Waals surface area contributed by atoms with E-state index in [1.807, 2.05) is 0 Å². The molecule has 4 aliphatic heterocycles. The highest BCUT2D eigenvalue weighted by Gasteiger charge is 2.47. The number of anilines is 3. The van der Waals surface area contributed by atoms with Gasteiger partial charge in [0.1, 0.15) is 11.5 Å². The summed E-state index contributed by atoms with van der Waals surface area (Å²) in [7, 11) is 0. The zero-order valence-corrected chi connectivity index (χ0v) is 36.0. The molecular weight excluding hydrogens is 752 g/mol. The minimum absolute atomic E-state index is 0.00969. The molecule has 0 N–H and O–H groups in total. The van der Waals surface area contributed by atoms with E-state index in [4.69, 9.17) is 4.74 Å². The molecule has 2 aromatic heterocycles. The molecule has 0 bridgehead atoms. The van der Waals surface area contributed by atoms with Crippen LogP contribution in [0.4, 0.5) is 17.1 Å². The normalized spacial score (nSPS) is 16.7. The molecule has 62 heavy (non-hydrogen) atoms. The van der Waals surface area contributed by atoms with Crippen LogP contribution in [-0.4, -0.2) is 22.6 Å². The number of allylic oxidation sites excluding steroid dienone is 4. The van der Waals surface area contributed by atoms with Gasteiger partial charge in [0.2, 0.25) is 6.71 Å². The summed E-state index contributed by atoms with van der Waals surface area (Å²) >= 11 is 0. The highest BCUT2D eigenvalue weighted by atomic mass is 16.5. The van der Waals surface area contributed by atoms with Crippen molar-refractivity contribution < 1.29 is 4.74 Å². The number of aromatic nitrogens is 2. The number of hydrogen-bond acceptors (Lipinski definition) is 2. The largest absolute Gasteiger partial charge is 0.463 e. The first-order valence-electron chi connectivity index (χ1n) is 22.5. The zero-order valence-electron chi connectivity index (χ0n) is 36.0. The van der Waals surface area contributed by atoms with Crippen LogP contribution in [0.2, 0.25) is 5.82 Å². The molecular formula is C56H45B2N3O. The van der Waals surface area contributed by atoms with E-state index < -0.39 is 0 Å². The molecule has 7 aromatic carbocycles. The summed E-state index contributed by atoms with van der Waals surface area (Å²) < 4.78 is 12.2. The maximum absolute atomic E-state index is 6.91. The van der Waals surface area contributed by atoms with Crippen LogP contribution in [0.15, 0.2) is 151 Å². The third kappa shape index (κ3) is 4.30. The Balaban J connectivity index is 1.16. The molecule has 0 spiro atoms. The van der Waals surface area contributed by atoms with E-state index in [1.54, 1.807) is 0 Å². The topological polar surface area (TPSA) is 22.3 Å². The quantitative estimate of drug-likeness (QED) is 0.154. The van der Waals surface area contributed by atoms with Crippen LogP contribution in [0.3, 0.4) is 0 Å². The second-order valence-corrected chi connectivity index (χ2v) is 20.4. The fraction of sp³-hybridized carbons (Fsp3) is 0.179. The Bertz CT molecular complexity index is 3570. The van der Waals surface area contributed by atoms with E-state index in [-0.39, 0.29) is 30.1 Å². The van der Waals surface area contributed by atoms with Gasteiger partial charge in [0, 0.05) is 55.8 Å². The maximum atomic E-state index is 6.91. The minimum atomic E-state index is -0.00969. The second-order valence-electron chi connectivity index (χ2n) is 20.4. The molecule has 6 heteroatoms. The number of nitrogens with zero attached hydrogens (tertiary/aromatic N) is 3. The molecule has 4 nitrogen and oxygen atoms in total. The SMILES string of the molecule is CC(C)(C)c1ccc2c(c1)B1c3c(ccc4c5c(ccc6c7ccc8c9c7n(c65)-c5ccc(C(C)(C)C)cc5B9c5ccccc5N8c5ccccc5)n-2c34)OC2=CC=CCC12. The van der Waals surface area contributed by atoms with Gasteiger partial charge in [-0.05, 0) is 116 Å². The molecule has 0 fully saturated rings. The van der Waals surface area contributed by atoms with Gasteiger partial charge < -0.3 is 18.8 Å². The van der Waals surface area contributed by atoms with Gasteiger partial charge in [-0.25, -0.2) is 0 Å². The van der Waals surface area contributed by atoms with E-state index in [9.17, 15) is 0 Å². The Hall–Kier alpha value is -6.65. The Kier molecular flexibility index (Phi) is 6.56. The third-order valence-electron chi connectivity index (χ3n) is 15.0. The van der Waals surface area contributed by atoms with Crippen molar-refractivity contribution in [2.75, 3.05) is 4.90 Å². The molecule has 296 valence electrons. The number of benzene rings is 7. The van der Waals surface area contributed by atoms with Crippen LogP contribution >= 0.6 is 0 Å². The van der Waals surface area contributed by atoms with Crippen LogP contribution in [0.25, 0.3) is 55.0 Å². The fourth-order valence-corrected chi connectivity index (χ4v) is 12.2. The van der Waals surface area contributed by atoms with Gasteiger partial charge in [-0.15, -0.1) is 0 Å². The lowest BCUT2D eigenvalue weighted by molar-refractivity contribution is 0.398. The Morgan fingerprint density at radius 1 is 0.565 bits per heavy atom. The predicted molar refractivity (Wildman–Crippen MR) is 263 cm³/mol. The maximum Gasteiger partial charge on any atom is 0.252 e. The van der Waals surface area contributed by atoms with Crippen molar-refractivity contribution in [3.8, 4) is 17.1 Å². The molecule has 0 radical (unpaired) electrons. The number of fused-ring (bicyclic) bond motifs is 17. The molecule has 9 aromatic rings. The summed E-state index contributed by atoms with van der Waals surface area (Å²) in [6.45, 7) is 14.3. The van der Waals surface area contributed by atoms with E-state index in [2.05, 4.69) is 201 Å². The van der Waals surface area contributed by atoms with Crippen molar-refractivity contribution in [3.63, 3.8) is 0 Å². The molecule has 1 aliphatic carbocycles. The first-order chi connectivity index (χ1) is 30.1. The molecule has 0 saturated carbocycles. The monoisotopic (exact) mass is 797 g/mol. The Morgan fingerprint density at radius 2 is 1.23 bits per heavy atom. The summed E-state index contributed by atoms with van der Waals surface area (Å²) in [5.74, 6) is 2.33. The molecule has 6 heterocycles. The lowest BCUT2D eigenvalue weighted by Crippen LogP contribution is -2.60. The number of ether oxygens (including phenoxy) is 1. The summed E-state index contributed by atoms with van der Waals surface area (Å²) in [5.41, 5.74) is 21.0. The van der Waals surface area contributed by atoms with Gasteiger partial charge in [0.25, 0.3) is 6.71 Å². The average Bonchev–Trinajstić information content (AvgIpc) is 3.81. The average molecular weight is 798 g/mol. The minimum Gasteiger partial charge on any atom is -0.463 e.